The van der Waals surface area contributed by atoms with Crippen molar-refractivity contribution in [3.8, 4) is 17.6 Å². The number of rotatable bonds is 10. The van der Waals surface area contributed by atoms with Gasteiger partial charge in [-0.15, -0.1) is 0 Å². The molecule has 5 aromatic rings. The van der Waals surface area contributed by atoms with Crippen LogP contribution in [0, 0.1) is 19.7 Å². The van der Waals surface area contributed by atoms with E-state index < -0.39 is 37.8 Å². The summed E-state index contributed by atoms with van der Waals surface area (Å²) in [6.45, 7) is 5.08. The fourth-order valence-electron chi connectivity index (χ4n) is 7.74. The Labute approximate surface area is 323 Å². The van der Waals surface area contributed by atoms with E-state index in [1.165, 1.54) is 48.5 Å². The van der Waals surface area contributed by atoms with Crippen molar-refractivity contribution in [1.82, 2.24) is 14.9 Å². The van der Waals surface area contributed by atoms with Crippen molar-refractivity contribution in [2.75, 3.05) is 31.1 Å². The van der Waals surface area contributed by atoms with E-state index in [2.05, 4.69) is 9.88 Å². The Bertz CT molecular complexity index is 2530. The second-order valence-electron chi connectivity index (χ2n) is 14.4. The highest BCUT2D eigenvalue weighted by molar-refractivity contribution is 7.87. The van der Waals surface area contributed by atoms with Gasteiger partial charge in [0.05, 0.1) is 28.5 Å². The number of hydrogen-bond acceptors (Lipinski definition) is 11. The molecule has 4 heterocycles. The van der Waals surface area contributed by atoms with Gasteiger partial charge in [-0.3, -0.25) is 4.90 Å². The van der Waals surface area contributed by atoms with Crippen LogP contribution in [0.25, 0.3) is 10.8 Å². The van der Waals surface area contributed by atoms with Crippen LogP contribution in [0.4, 0.5) is 14.5 Å². The lowest BCUT2D eigenvalue weighted by Crippen LogP contribution is -2.43. The van der Waals surface area contributed by atoms with E-state index in [1.807, 2.05) is 18.7 Å². The Morgan fingerprint density at radius 1 is 0.891 bits per heavy atom. The number of anilines is 1. The maximum atomic E-state index is 15.0. The lowest BCUT2D eigenvalue weighted by molar-refractivity contribution is 0.106. The lowest BCUT2D eigenvalue weighted by Gasteiger charge is -2.33. The molecule has 0 unspecified atom stereocenters. The molecule has 0 aliphatic carbocycles. The van der Waals surface area contributed by atoms with Crippen LogP contribution < -0.4 is 18.0 Å². The molecule has 0 amide bonds. The van der Waals surface area contributed by atoms with Crippen molar-refractivity contribution in [3.63, 3.8) is 0 Å². The van der Waals surface area contributed by atoms with Crippen LogP contribution in [0.2, 0.25) is 5.02 Å². The van der Waals surface area contributed by atoms with Crippen LogP contribution in [-0.2, 0) is 33.2 Å². The molecule has 0 bridgehead atoms. The monoisotopic (exact) mass is 810 g/mol. The van der Waals surface area contributed by atoms with Crippen LogP contribution in [0.15, 0.2) is 82.6 Å². The third kappa shape index (κ3) is 7.30. The molecule has 0 spiro atoms. The minimum Gasteiger partial charge on any atom is -0.461 e. The summed E-state index contributed by atoms with van der Waals surface area (Å²) in [5.41, 5.74) is 2.35. The lowest BCUT2D eigenvalue weighted by atomic mass is 9.95. The van der Waals surface area contributed by atoms with Gasteiger partial charge in [0.2, 0.25) is 5.88 Å². The van der Waals surface area contributed by atoms with Crippen molar-refractivity contribution in [2.24, 2.45) is 0 Å². The number of aromatic nitrogens is 2. The summed E-state index contributed by atoms with van der Waals surface area (Å²) in [5.74, 6) is -0.905. The minimum absolute atomic E-state index is 0.0229. The molecule has 2 fully saturated rings. The smallest absolute Gasteiger partial charge is 0.340 e. The Balaban J connectivity index is 1.17. The summed E-state index contributed by atoms with van der Waals surface area (Å²) in [6.07, 6.45) is 1.12. The highest BCUT2D eigenvalue weighted by atomic mass is 35.5. The van der Waals surface area contributed by atoms with Gasteiger partial charge in [0.25, 0.3) is 0 Å². The van der Waals surface area contributed by atoms with Crippen molar-refractivity contribution >= 4 is 48.3 Å². The number of halogens is 3. The number of alkyl halides is 1. The molecule has 1 aromatic heterocycles. The molecule has 288 valence electrons. The van der Waals surface area contributed by atoms with Crippen molar-refractivity contribution < 1.29 is 38.7 Å². The SMILES string of the molecule is Cc1ccc(S(=O)(=O)Oc2cc(N3CCc4c(nc(OC[C@@]56CCCN5C[C@H](F)C6)nc4OS(=O)(=O)c4ccc(C)cc4)C3)c3c(Cl)c(F)ccc3c2)cc1. The van der Waals surface area contributed by atoms with E-state index in [4.69, 9.17) is 29.7 Å². The molecule has 3 aliphatic heterocycles. The molecule has 2 atom stereocenters. The van der Waals surface area contributed by atoms with Gasteiger partial charge in [0.15, 0.2) is 0 Å². The van der Waals surface area contributed by atoms with Gasteiger partial charge in [-0.1, -0.05) is 53.1 Å². The molecule has 11 nitrogen and oxygen atoms in total. The normalized spacial score (nSPS) is 20.0. The summed E-state index contributed by atoms with van der Waals surface area (Å²) in [6, 6.07) is 17.9. The summed E-state index contributed by atoms with van der Waals surface area (Å²) in [4.78, 5) is 12.9. The molecular formula is C39H37ClF2N4O7S2. The van der Waals surface area contributed by atoms with Gasteiger partial charge in [-0.05, 0) is 81.4 Å². The topological polar surface area (TPSA) is 128 Å². The van der Waals surface area contributed by atoms with Crippen molar-refractivity contribution in [1.29, 1.82) is 0 Å². The van der Waals surface area contributed by atoms with Gasteiger partial charge in [-0.2, -0.15) is 26.8 Å². The zero-order valence-electron chi connectivity index (χ0n) is 30.0. The zero-order chi connectivity index (χ0) is 38.7. The first-order valence-corrected chi connectivity index (χ1v) is 21.0. The average Bonchev–Trinajstić information content (AvgIpc) is 3.67. The first kappa shape index (κ1) is 37.4. The first-order chi connectivity index (χ1) is 26.2. The third-order valence-electron chi connectivity index (χ3n) is 10.6. The molecule has 16 heteroatoms. The summed E-state index contributed by atoms with van der Waals surface area (Å²) in [7, 11) is -8.59. The Morgan fingerprint density at radius 2 is 1.56 bits per heavy atom. The largest absolute Gasteiger partial charge is 0.461 e. The van der Waals surface area contributed by atoms with Crippen LogP contribution in [0.5, 0.6) is 17.6 Å². The highest BCUT2D eigenvalue weighted by Crippen LogP contribution is 2.43. The maximum absolute atomic E-state index is 15.0. The molecule has 0 saturated carbocycles. The van der Waals surface area contributed by atoms with Gasteiger partial charge in [-0.25, -0.2) is 8.78 Å². The fourth-order valence-corrected chi connectivity index (χ4v) is 9.84. The van der Waals surface area contributed by atoms with Crippen LogP contribution in [0.3, 0.4) is 0 Å². The van der Waals surface area contributed by atoms with E-state index in [1.54, 1.807) is 24.3 Å². The highest BCUT2D eigenvalue weighted by Gasteiger charge is 2.49. The van der Waals surface area contributed by atoms with E-state index in [0.29, 0.717) is 40.7 Å². The number of fused-ring (bicyclic) bond motifs is 3. The van der Waals surface area contributed by atoms with Gasteiger partial charge in [0.1, 0.15) is 34.1 Å². The summed E-state index contributed by atoms with van der Waals surface area (Å²) < 4.78 is 101. The number of aryl methyl sites for hydroxylation is 2. The fraction of sp³-hybridized carbons (Fsp3) is 0.333. The van der Waals surface area contributed by atoms with E-state index in [0.717, 1.165) is 30.5 Å². The summed E-state index contributed by atoms with van der Waals surface area (Å²) >= 11 is 6.57. The van der Waals surface area contributed by atoms with Crippen LogP contribution in [0.1, 0.15) is 41.6 Å². The molecule has 0 radical (unpaired) electrons. The van der Waals surface area contributed by atoms with Crippen LogP contribution in [-0.4, -0.2) is 69.7 Å². The second kappa shape index (κ2) is 14.2. The molecule has 8 rings (SSSR count). The van der Waals surface area contributed by atoms with Gasteiger partial charge < -0.3 is 18.0 Å². The predicted molar refractivity (Wildman–Crippen MR) is 202 cm³/mol. The average molecular weight is 811 g/mol. The minimum atomic E-state index is -4.34. The van der Waals surface area contributed by atoms with Gasteiger partial charge in [0, 0.05) is 36.5 Å². The maximum Gasteiger partial charge on any atom is 0.340 e. The van der Waals surface area contributed by atoms with Crippen molar-refractivity contribution in [3.05, 3.63) is 106 Å². The quantitative estimate of drug-likeness (QED) is 0.134. The predicted octanol–water partition coefficient (Wildman–Crippen LogP) is 7.09. The summed E-state index contributed by atoms with van der Waals surface area (Å²) in [5, 5.41) is 0.567. The number of nitrogens with zero attached hydrogens (tertiary/aromatic N) is 4. The van der Waals surface area contributed by atoms with E-state index >= 15 is 4.39 Å². The first-order valence-electron chi connectivity index (χ1n) is 17.8. The number of hydrogen-bond donors (Lipinski definition) is 0. The molecule has 55 heavy (non-hydrogen) atoms. The van der Waals surface area contributed by atoms with Crippen molar-refractivity contribution in [2.45, 2.75) is 67.6 Å². The third-order valence-corrected chi connectivity index (χ3v) is 13.4. The molecular weight excluding hydrogens is 774 g/mol. The Morgan fingerprint density at radius 3 is 2.25 bits per heavy atom. The number of benzene rings is 4. The molecule has 0 N–H and O–H groups in total. The number of ether oxygens (including phenoxy) is 1. The molecule has 4 aromatic carbocycles. The van der Waals surface area contributed by atoms with Crippen LogP contribution >= 0.6 is 11.6 Å². The van der Waals surface area contributed by atoms with E-state index in [9.17, 15) is 21.2 Å². The molecule has 2 saturated heterocycles. The standard InChI is InChI=1S/C39H37ClF2N4O7S2/c1-24-4-9-29(10-5-24)54(47,48)52-28-18-26-8-13-32(42)36(40)35(26)34(19-28)45-17-14-31-33(22-45)43-38(51-23-39-15-3-16-46(39)21-27(41)20-39)44-37(31)53-55(49,50)30-11-6-25(2)7-12-30/h4-13,18-19,27H,3,14-17,20-23H2,1-2H3/t27-,39+/m1/s1. The molecule has 3 aliphatic rings. The zero-order valence-corrected chi connectivity index (χ0v) is 32.4. The Kier molecular flexibility index (Phi) is 9.63. The Hall–Kier alpha value is -4.57. The van der Waals surface area contributed by atoms with Gasteiger partial charge >= 0.3 is 26.2 Å². The second-order valence-corrected chi connectivity index (χ2v) is 17.8. The van der Waals surface area contributed by atoms with E-state index in [-0.39, 0.29) is 58.6 Å².